The number of carbonyl (C=O) groups is 1. The van der Waals surface area contributed by atoms with Gasteiger partial charge in [0.05, 0.1) is 5.02 Å². The van der Waals surface area contributed by atoms with E-state index >= 15 is 0 Å². The Bertz CT molecular complexity index is 666. The Kier molecular flexibility index (Phi) is 6.06. The molecular weight excluding hydrogens is 336 g/mol. The first-order valence-electron chi connectivity index (χ1n) is 8.00. The van der Waals surface area contributed by atoms with Crippen LogP contribution in [-0.4, -0.2) is 49.7 Å². The smallest absolute Gasteiger partial charge is 0.253 e. The van der Waals surface area contributed by atoms with E-state index in [0.717, 1.165) is 19.3 Å². The Morgan fingerprint density at radius 3 is 2.35 bits per heavy atom. The molecule has 2 rings (SSSR count). The van der Waals surface area contributed by atoms with Crippen LogP contribution in [0.1, 0.15) is 43.5 Å². The highest BCUT2D eigenvalue weighted by molar-refractivity contribution is 7.89. The van der Waals surface area contributed by atoms with Crippen molar-refractivity contribution < 1.29 is 13.2 Å². The van der Waals surface area contributed by atoms with Crippen molar-refractivity contribution in [3.8, 4) is 0 Å². The Morgan fingerprint density at radius 1 is 1.17 bits per heavy atom. The zero-order valence-electron chi connectivity index (χ0n) is 13.6. The molecule has 1 aromatic rings. The van der Waals surface area contributed by atoms with Gasteiger partial charge in [0.1, 0.15) is 4.90 Å². The summed E-state index contributed by atoms with van der Waals surface area (Å²) < 4.78 is 27.1. The summed E-state index contributed by atoms with van der Waals surface area (Å²) in [6.45, 7) is 5.95. The predicted octanol–water partition coefficient (Wildman–Crippen LogP) is 3.00. The number of nitrogens with zero attached hydrogens (tertiary/aromatic N) is 2. The SMILES string of the molecule is CCN(CC)C(=O)c1ccc(Cl)c(S(=O)(=O)N2CCCCC2)c1. The lowest BCUT2D eigenvalue weighted by atomic mass is 10.2. The van der Waals surface area contributed by atoms with Gasteiger partial charge in [-0.25, -0.2) is 8.42 Å². The molecule has 7 heteroatoms. The number of benzene rings is 1. The fourth-order valence-electron chi connectivity index (χ4n) is 2.77. The molecule has 5 nitrogen and oxygen atoms in total. The molecule has 128 valence electrons. The predicted molar refractivity (Wildman–Crippen MR) is 91.3 cm³/mol. The van der Waals surface area contributed by atoms with Crippen LogP contribution in [0.2, 0.25) is 5.02 Å². The second kappa shape index (κ2) is 7.64. The van der Waals surface area contributed by atoms with Gasteiger partial charge >= 0.3 is 0 Å². The molecule has 0 aromatic heterocycles. The molecule has 0 radical (unpaired) electrons. The Balaban J connectivity index is 2.39. The molecule has 1 heterocycles. The molecule has 1 amide bonds. The normalized spacial score (nSPS) is 16.3. The molecule has 1 saturated heterocycles. The van der Waals surface area contributed by atoms with Gasteiger partial charge < -0.3 is 4.90 Å². The summed E-state index contributed by atoms with van der Waals surface area (Å²) in [5.74, 6) is -0.179. The van der Waals surface area contributed by atoms with Gasteiger partial charge in [0.2, 0.25) is 10.0 Å². The first kappa shape index (κ1) is 18.2. The minimum absolute atomic E-state index is 0.0269. The Labute approximate surface area is 143 Å². The van der Waals surface area contributed by atoms with Gasteiger partial charge in [0.15, 0.2) is 0 Å². The maximum atomic E-state index is 12.8. The third-order valence-corrected chi connectivity index (χ3v) is 6.54. The number of sulfonamides is 1. The largest absolute Gasteiger partial charge is 0.339 e. The summed E-state index contributed by atoms with van der Waals surface area (Å²) >= 11 is 6.12. The molecule has 0 atom stereocenters. The van der Waals surface area contributed by atoms with Gasteiger partial charge in [0.25, 0.3) is 5.91 Å². The highest BCUT2D eigenvalue weighted by Gasteiger charge is 2.29. The second-order valence-corrected chi connectivity index (χ2v) is 7.90. The van der Waals surface area contributed by atoms with Crippen molar-refractivity contribution >= 4 is 27.5 Å². The number of amides is 1. The van der Waals surface area contributed by atoms with Gasteiger partial charge in [-0.2, -0.15) is 4.31 Å². The van der Waals surface area contributed by atoms with E-state index in [1.165, 1.54) is 16.4 Å². The van der Waals surface area contributed by atoms with Crippen LogP contribution < -0.4 is 0 Å². The van der Waals surface area contributed by atoms with Crippen molar-refractivity contribution in [3.63, 3.8) is 0 Å². The summed E-state index contributed by atoms with van der Waals surface area (Å²) in [5.41, 5.74) is 0.355. The van der Waals surface area contributed by atoms with E-state index in [9.17, 15) is 13.2 Å². The van der Waals surface area contributed by atoms with Crippen molar-refractivity contribution in [2.45, 2.75) is 38.0 Å². The summed E-state index contributed by atoms with van der Waals surface area (Å²) in [4.78, 5) is 14.1. The number of hydrogen-bond acceptors (Lipinski definition) is 3. The maximum Gasteiger partial charge on any atom is 0.253 e. The van der Waals surface area contributed by atoms with E-state index in [1.807, 2.05) is 13.8 Å². The summed E-state index contributed by atoms with van der Waals surface area (Å²) in [7, 11) is -3.66. The summed E-state index contributed by atoms with van der Waals surface area (Å²) in [6.07, 6.45) is 2.75. The highest BCUT2D eigenvalue weighted by atomic mass is 35.5. The lowest BCUT2D eigenvalue weighted by molar-refractivity contribution is 0.0772. The van der Waals surface area contributed by atoms with E-state index < -0.39 is 10.0 Å². The molecule has 0 unspecified atom stereocenters. The lowest BCUT2D eigenvalue weighted by Crippen LogP contribution is -2.36. The first-order valence-corrected chi connectivity index (χ1v) is 9.82. The second-order valence-electron chi connectivity index (χ2n) is 5.59. The zero-order valence-corrected chi connectivity index (χ0v) is 15.2. The fourth-order valence-corrected chi connectivity index (χ4v) is 4.79. The topological polar surface area (TPSA) is 57.7 Å². The fraction of sp³-hybridized carbons (Fsp3) is 0.562. The van der Waals surface area contributed by atoms with Crippen LogP contribution in [-0.2, 0) is 10.0 Å². The third-order valence-electron chi connectivity index (χ3n) is 4.16. The van der Waals surface area contributed by atoms with Crippen LogP contribution in [0.15, 0.2) is 23.1 Å². The molecule has 1 fully saturated rings. The van der Waals surface area contributed by atoms with Crippen molar-refractivity contribution in [1.82, 2.24) is 9.21 Å². The molecule has 1 aliphatic rings. The van der Waals surface area contributed by atoms with Crippen LogP contribution in [0.5, 0.6) is 0 Å². The van der Waals surface area contributed by atoms with Gasteiger partial charge in [-0.15, -0.1) is 0 Å². The molecule has 0 aliphatic carbocycles. The Morgan fingerprint density at radius 2 is 1.78 bits per heavy atom. The van der Waals surface area contributed by atoms with E-state index in [4.69, 9.17) is 11.6 Å². The summed E-state index contributed by atoms with van der Waals surface area (Å²) in [6, 6.07) is 4.49. The maximum absolute atomic E-state index is 12.8. The minimum atomic E-state index is -3.66. The Hall–Kier alpha value is -1.11. The van der Waals surface area contributed by atoms with Crippen LogP contribution in [0.25, 0.3) is 0 Å². The highest BCUT2D eigenvalue weighted by Crippen LogP contribution is 2.28. The number of hydrogen-bond donors (Lipinski definition) is 0. The van der Waals surface area contributed by atoms with E-state index in [2.05, 4.69) is 0 Å². The van der Waals surface area contributed by atoms with Gasteiger partial charge in [-0.1, -0.05) is 18.0 Å². The number of rotatable bonds is 5. The molecule has 1 aromatic carbocycles. The molecule has 0 spiro atoms. The van der Waals surface area contributed by atoms with Crippen LogP contribution in [0.4, 0.5) is 0 Å². The molecule has 0 saturated carbocycles. The monoisotopic (exact) mass is 358 g/mol. The average Bonchev–Trinajstić information content (AvgIpc) is 2.57. The van der Waals surface area contributed by atoms with Gasteiger partial charge in [-0.05, 0) is 44.9 Å². The number of carbonyl (C=O) groups excluding carboxylic acids is 1. The molecular formula is C16H23ClN2O3S. The van der Waals surface area contributed by atoms with Crippen molar-refractivity contribution in [3.05, 3.63) is 28.8 Å². The molecule has 23 heavy (non-hydrogen) atoms. The van der Waals surface area contributed by atoms with E-state index in [0.29, 0.717) is 31.7 Å². The quantitative estimate of drug-likeness (QED) is 0.813. The zero-order chi connectivity index (χ0) is 17.0. The number of piperidine rings is 1. The van der Waals surface area contributed by atoms with Crippen molar-refractivity contribution in [2.24, 2.45) is 0 Å². The van der Waals surface area contributed by atoms with Crippen LogP contribution >= 0.6 is 11.6 Å². The first-order chi connectivity index (χ1) is 10.9. The number of halogens is 1. The van der Waals surface area contributed by atoms with Crippen molar-refractivity contribution in [2.75, 3.05) is 26.2 Å². The van der Waals surface area contributed by atoms with Crippen molar-refractivity contribution in [1.29, 1.82) is 0 Å². The third kappa shape index (κ3) is 3.87. The van der Waals surface area contributed by atoms with Gasteiger partial charge in [-0.3, -0.25) is 4.79 Å². The van der Waals surface area contributed by atoms with Gasteiger partial charge in [0, 0.05) is 31.7 Å². The van der Waals surface area contributed by atoms with E-state index in [1.54, 1.807) is 11.0 Å². The standard InChI is InChI=1S/C16H23ClN2O3S/c1-3-18(4-2)16(20)13-8-9-14(17)15(12-13)23(21,22)19-10-6-5-7-11-19/h8-9,12H,3-7,10-11H2,1-2H3. The van der Waals surface area contributed by atoms with Crippen LogP contribution in [0.3, 0.4) is 0 Å². The summed E-state index contributed by atoms with van der Waals surface area (Å²) in [5, 5.41) is 0.159. The minimum Gasteiger partial charge on any atom is -0.339 e. The molecule has 1 aliphatic heterocycles. The lowest BCUT2D eigenvalue weighted by Gasteiger charge is -2.26. The molecule has 0 bridgehead atoms. The van der Waals surface area contributed by atoms with Crippen LogP contribution in [0, 0.1) is 0 Å². The molecule has 0 N–H and O–H groups in total. The van der Waals surface area contributed by atoms with E-state index in [-0.39, 0.29) is 15.8 Å². The average molecular weight is 359 g/mol.